The van der Waals surface area contributed by atoms with E-state index in [1.165, 1.54) is 13.0 Å². The van der Waals surface area contributed by atoms with Crippen LogP contribution in [0.15, 0.2) is 71.1 Å². The number of nitrogens with zero attached hydrogens (tertiary/aromatic N) is 3. The molecule has 0 bridgehead atoms. The number of nitrogens with two attached hydrogens (primary N) is 1. The van der Waals surface area contributed by atoms with E-state index < -0.39 is 55.2 Å². The van der Waals surface area contributed by atoms with Gasteiger partial charge in [0.15, 0.2) is 15.1 Å². The number of aromatic nitrogens is 3. The summed E-state index contributed by atoms with van der Waals surface area (Å²) >= 11 is 1.05. The summed E-state index contributed by atoms with van der Waals surface area (Å²) in [5, 5.41) is 10.9. The molecule has 5 aromatic rings. The zero-order valence-electron chi connectivity index (χ0n) is 21.7. The average molecular weight is 638 g/mol. The largest absolute Gasteiger partial charge is 0.422 e. The predicted molar refractivity (Wildman–Crippen MR) is 150 cm³/mol. The standard InChI is InChI=1S/C26H22F3N5O5S3/c1-15-9-16(11-19(10-15)26(27,28)29)14-41(35,36)23(24-34-33-22(39-24)13-31-42(30,37)38)25-32-20-8-7-18(12-21(20)40-25)17-5-3-2-4-6-17/h2-12,23,31H,13-14H2,1H3,(H2,30,37,38). The summed E-state index contributed by atoms with van der Waals surface area (Å²) < 4.78 is 98.8. The zero-order chi connectivity index (χ0) is 30.3. The maximum atomic E-state index is 13.9. The summed E-state index contributed by atoms with van der Waals surface area (Å²) in [5.74, 6) is -1.49. The first-order valence-corrected chi connectivity index (χ1v) is 16.2. The molecule has 220 valence electrons. The van der Waals surface area contributed by atoms with Crippen LogP contribution in [0.3, 0.4) is 0 Å². The summed E-state index contributed by atoms with van der Waals surface area (Å²) in [7, 11) is -8.50. The molecule has 0 amide bonds. The fraction of sp³-hybridized carbons (Fsp3) is 0.192. The van der Waals surface area contributed by atoms with Crippen molar-refractivity contribution < 1.29 is 34.4 Å². The number of rotatable bonds is 9. The Morgan fingerprint density at radius 2 is 1.71 bits per heavy atom. The molecule has 0 aliphatic heterocycles. The molecule has 0 saturated carbocycles. The highest BCUT2D eigenvalue weighted by Crippen LogP contribution is 2.39. The van der Waals surface area contributed by atoms with Crippen LogP contribution in [0.2, 0.25) is 0 Å². The van der Waals surface area contributed by atoms with Crippen LogP contribution in [0, 0.1) is 6.92 Å². The van der Waals surface area contributed by atoms with Crippen LogP contribution in [-0.4, -0.2) is 32.0 Å². The second kappa shape index (κ2) is 11.2. The van der Waals surface area contributed by atoms with E-state index in [2.05, 4.69) is 15.2 Å². The van der Waals surface area contributed by atoms with E-state index in [1.807, 2.05) is 47.2 Å². The van der Waals surface area contributed by atoms with Crippen molar-refractivity contribution in [3.8, 4) is 11.1 Å². The number of alkyl halides is 3. The van der Waals surface area contributed by atoms with Crippen LogP contribution >= 0.6 is 11.3 Å². The average Bonchev–Trinajstić information content (AvgIpc) is 3.53. The van der Waals surface area contributed by atoms with Crippen LogP contribution in [0.25, 0.3) is 21.3 Å². The van der Waals surface area contributed by atoms with Gasteiger partial charge in [0.2, 0.25) is 11.8 Å². The van der Waals surface area contributed by atoms with Crippen LogP contribution in [0.4, 0.5) is 13.2 Å². The van der Waals surface area contributed by atoms with Gasteiger partial charge in [-0.3, -0.25) is 0 Å². The first-order chi connectivity index (χ1) is 19.7. The Balaban J connectivity index is 1.58. The first-order valence-electron chi connectivity index (χ1n) is 12.1. The Bertz CT molecular complexity index is 1980. The minimum atomic E-state index is -4.68. The lowest BCUT2D eigenvalue weighted by Crippen LogP contribution is -2.30. The molecule has 0 saturated heterocycles. The normalized spacial score (nSPS) is 13.5. The third kappa shape index (κ3) is 6.84. The highest BCUT2D eigenvalue weighted by atomic mass is 32.2. The van der Waals surface area contributed by atoms with Crippen LogP contribution in [-0.2, 0) is 38.5 Å². The number of thiazole rings is 1. The molecule has 16 heteroatoms. The van der Waals surface area contributed by atoms with Gasteiger partial charge in [-0.1, -0.05) is 48.0 Å². The van der Waals surface area contributed by atoms with Crippen LogP contribution in [0.1, 0.15) is 38.7 Å². The first kappa shape index (κ1) is 29.8. The van der Waals surface area contributed by atoms with Crippen molar-refractivity contribution in [3.63, 3.8) is 0 Å². The molecule has 2 heterocycles. The number of halogens is 3. The number of aryl methyl sites for hydroxylation is 1. The van der Waals surface area contributed by atoms with Crippen molar-refractivity contribution in [2.24, 2.45) is 5.14 Å². The van der Waals surface area contributed by atoms with Crippen LogP contribution < -0.4 is 9.86 Å². The lowest BCUT2D eigenvalue weighted by molar-refractivity contribution is -0.137. The predicted octanol–water partition coefficient (Wildman–Crippen LogP) is 4.67. The Morgan fingerprint density at radius 3 is 2.40 bits per heavy atom. The molecule has 2 aromatic heterocycles. The lowest BCUT2D eigenvalue weighted by atomic mass is 10.1. The molecule has 1 unspecified atom stereocenters. The van der Waals surface area contributed by atoms with E-state index in [9.17, 15) is 30.0 Å². The third-order valence-corrected chi connectivity index (χ3v) is 9.72. The minimum Gasteiger partial charge on any atom is -0.422 e. The molecule has 0 radical (unpaired) electrons. The topological polar surface area (TPSA) is 158 Å². The van der Waals surface area contributed by atoms with E-state index >= 15 is 0 Å². The highest BCUT2D eigenvalue weighted by molar-refractivity contribution is 7.91. The van der Waals surface area contributed by atoms with E-state index in [-0.39, 0.29) is 22.0 Å². The van der Waals surface area contributed by atoms with Crippen molar-refractivity contribution in [2.45, 2.75) is 30.6 Å². The highest BCUT2D eigenvalue weighted by Gasteiger charge is 2.38. The Hall–Kier alpha value is -3.70. The molecule has 0 fully saturated rings. The van der Waals surface area contributed by atoms with Gasteiger partial charge in [-0.05, 0) is 47.9 Å². The summed E-state index contributed by atoms with van der Waals surface area (Å²) in [4.78, 5) is 4.50. The fourth-order valence-corrected chi connectivity index (χ4v) is 7.76. The number of nitrogens with one attached hydrogen (secondary N) is 1. The second-order valence-corrected chi connectivity index (χ2v) is 13.9. The maximum Gasteiger partial charge on any atom is 0.416 e. The van der Waals surface area contributed by atoms with E-state index in [4.69, 9.17) is 9.56 Å². The molecule has 42 heavy (non-hydrogen) atoms. The monoisotopic (exact) mass is 637 g/mol. The van der Waals surface area contributed by atoms with Gasteiger partial charge < -0.3 is 4.42 Å². The maximum absolute atomic E-state index is 13.9. The number of hydrogen-bond acceptors (Lipinski definition) is 9. The quantitative estimate of drug-likeness (QED) is 0.236. The molecule has 0 aliphatic rings. The van der Waals surface area contributed by atoms with Gasteiger partial charge in [-0.15, -0.1) is 21.5 Å². The Kier molecular flexibility index (Phi) is 7.93. The third-order valence-electron chi connectivity index (χ3n) is 6.06. The molecule has 1 atom stereocenters. The van der Waals surface area contributed by atoms with Crippen molar-refractivity contribution in [1.29, 1.82) is 0 Å². The molecule has 3 N–H and O–H groups in total. The van der Waals surface area contributed by atoms with Gasteiger partial charge in [0.25, 0.3) is 10.2 Å². The molecule has 0 spiro atoms. The number of benzene rings is 3. The van der Waals surface area contributed by atoms with Crippen molar-refractivity contribution in [2.75, 3.05) is 0 Å². The Labute approximate surface area is 242 Å². The van der Waals surface area contributed by atoms with Gasteiger partial charge in [0, 0.05) is 0 Å². The van der Waals surface area contributed by atoms with Crippen molar-refractivity contribution >= 4 is 41.6 Å². The zero-order valence-corrected chi connectivity index (χ0v) is 24.1. The molecule has 10 nitrogen and oxygen atoms in total. The smallest absolute Gasteiger partial charge is 0.416 e. The van der Waals surface area contributed by atoms with Gasteiger partial charge >= 0.3 is 6.18 Å². The molecule has 3 aromatic carbocycles. The minimum absolute atomic E-state index is 0.0496. The van der Waals surface area contributed by atoms with Crippen LogP contribution in [0.5, 0.6) is 0 Å². The second-order valence-electron chi connectivity index (χ2n) is 9.39. The van der Waals surface area contributed by atoms with E-state index in [0.29, 0.717) is 10.2 Å². The van der Waals surface area contributed by atoms with Gasteiger partial charge in [-0.2, -0.15) is 26.3 Å². The van der Waals surface area contributed by atoms with Gasteiger partial charge in [-0.25, -0.2) is 18.5 Å². The number of sulfone groups is 1. The van der Waals surface area contributed by atoms with E-state index in [0.717, 1.165) is 34.6 Å². The lowest BCUT2D eigenvalue weighted by Gasteiger charge is -2.14. The summed E-state index contributed by atoms with van der Waals surface area (Å²) in [5.41, 5.74) is 1.45. The molecular formula is C26H22F3N5O5S3. The molecular weight excluding hydrogens is 616 g/mol. The fourth-order valence-electron chi connectivity index (χ4n) is 4.31. The summed E-state index contributed by atoms with van der Waals surface area (Å²) in [6.07, 6.45) is -4.68. The molecule has 5 rings (SSSR count). The van der Waals surface area contributed by atoms with Crippen molar-refractivity contribution in [3.05, 3.63) is 100 Å². The summed E-state index contributed by atoms with van der Waals surface area (Å²) in [6, 6.07) is 17.9. The van der Waals surface area contributed by atoms with E-state index in [1.54, 1.807) is 6.07 Å². The van der Waals surface area contributed by atoms with Gasteiger partial charge in [0.05, 0.1) is 28.1 Å². The SMILES string of the molecule is Cc1cc(CS(=O)(=O)C(c2nnc(CNS(N)(=O)=O)o2)c2nc3ccc(-c4ccccc4)cc3s2)cc(C(F)(F)F)c1. The van der Waals surface area contributed by atoms with Gasteiger partial charge in [0.1, 0.15) is 5.01 Å². The number of hydrogen-bond donors (Lipinski definition) is 2. The summed E-state index contributed by atoms with van der Waals surface area (Å²) in [6.45, 7) is 0.926. The number of fused-ring (bicyclic) bond motifs is 1. The van der Waals surface area contributed by atoms with Crippen molar-refractivity contribution in [1.82, 2.24) is 19.9 Å². The molecule has 0 aliphatic carbocycles. The Morgan fingerprint density at radius 1 is 0.976 bits per heavy atom.